The topological polar surface area (TPSA) is 58.6 Å². The SMILES string of the molecule is CN(C(=O)c1ccccc1)c1ccc(OCC(=O)Nc2ccc(Cl)cc2)cc1. The van der Waals surface area contributed by atoms with Crippen LogP contribution in [0.1, 0.15) is 10.4 Å². The number of benzene rings is 3. The first-order chi connectivity index (χ1) is 13.5. The van der Waals surface area contributed by atoms with Gasteiger partial charge in [0.1, 0.15) is 5.75 Å². The number of carbonyl (C=O) groups is 2. The van der Waals surface area contributed by atoms with Crippen LogP contribution in [0, 0.1) is 0 Å². The van der Waals surface area contributed by atoms with Gasteiger partial charge in [0.25, 0.3) is 11.8 Å². The van der Waals surface area contributed by atoms with E-state index in [1.807, 2.05) is 18.2 Å². The van der Waals surface area contributed by atoms with Gasteiger partial charge in [0, 0.05) is 29.0 Å². The van der Waals surface area contributed by atoms with Gasteiger partial charge in [-0.25, -0.2) is 0 Å². The molecule has 6 heteroatoms. The van der Waals surface area contributed by atoms with E-state index in [-0.39, 0.29) is 18.4 Å². The Labute approximate surface area is 168 Å². The van der Waals surface area contributed by atoms with Crippen LogP contribution in [0.5, 0.6) is 5.75 Å². The molecule has 2 amide bonds. The highest BCUT2D eigenvalue weighted by molar-refractivity contribution is 6.30. The van der Waals surface area contributed by atoms with Gasteiger partial charge in [-0.05, 0) is 60.7 Å². The van der Waals surface area contributed by atoms with Crippen molar-refractivity contribution in [2.75, 3.05) is 23.9 Å². The molecule has 0 atom stereocenters. The van der Waals surface area contributed by atoms with Crippen molar-refractivity contribution >= 4 is 34.8 Å². The number of hydrogen-bond acceptors (Lipinski definition) is 3. The Morgan fingerprint density at radius 2 is 1.57 bits per heavy atom. The Bertz CT molecular complexity index is 942. The van der Waals surface area contributed by atoms with E-state index >= 15 is 0 Å². The van der Waals surface area contributed by atoms with Crippen molar-refractivity contribution in [1.29, 1.82) is 0 Å². The average molecular weight is 395 g/mol. The smallest absolute Gasteiger partial charge is 0.262 e. The van der Waals surface area contributed by atoms with Crippen LogP contribution in [0.2, 0.25) is 5.02 Å². The van der Waals surface area contributed by atoms with Crippen molar-refractivity contribution in [2.45, 2.75) is 0 Å². The minimum absolute atomic E-state index is 0.100. The molecule has 0 spiro atoms. The molecule has 5 nitrogen and oxygen atoms in total. The molecule has 0 fully saturated rings. The first-order valence-corrected chi connectivity index (χ1v) is 9.02. The van der Waals surface area contributed by atoms with Crippen LogP contribution in [-0.4, -0.2) is 25.5 Å². The molecule has 3 aromatic rings. The average Bonchev–Trinajstić information content (AvgIpc) is 2.74. The third kappa shape index (κ3) is 5.11. The molecule has 0 unspecified atom stereocenters. The molecule has 0 bridgehead atoms. The molecule has 0 aromatic heterocycles. The van der Waals surface area contributed by atoms with E-state index in [1.165, 1.54) is 0 Å². The highest BCUT2D eigenvalue weighted by Gasteiger charge is 2.13. The molecule has 0 aliphatic carbocycles. The highest BCUT2D eigenvalue weighted by atomic mass is 35.5. The van der Waals surface area contributed by atoms with Gasteiger partial charge in [-0.3, -0.25) is 9.59 Å². The van der Waals surface area contributed by atoms with E-state index in [2.05, 4.69) is 5.32 Å². The van der Waals surface area contributed by atoms with Crippen molar-refractivity contribution in [3.63, 3.8) is 0 Å². The van der Waals surface area contributed by atoms with Crippen molar-refractivity contribution in [2.24, 2.45) is 0 Å². The Balaban J connectivity index is 1.54. The molecular weight excluding hydrogens is 376 g/mol. The zero-order valence-corrected chi connectivity index (χ0v) is 16.0. The lowest BCUT2D eigenvalue weighted by Gasteiger charge is -2.18. The summed E-state index contributed by atoms with van der Waals surface area (Å²) in [5, 5.41) is 3.33. The van der Waals surface area contributed by atoms with Gasteiger partial charge in [-0.1, -0.05) is 29.8 Å². The van der Waals surface area contributed by atoms with Crippen molar-refractivity contribution in [1.82, 2.24) is 0 Å². The van der Waals surface area contributed by atoms with Crippen LogP contribution in [0.4, 0.5) is 11.4 Å². The first-order valence-electron chi connectivity index (χ1n) is 8.64. The lowest BCUT2D eigenvalue weighted by Crippen LogP contribution is -2.26. The van der Waals surface area contributed by atoms with Crippen LogP contribution < -0.4 is 15.0 Å². The fourth-order valence-corrected chi connectivity index (χ4v) is 2.66. The predicted molar refractivity (Wildman–Crippen MR) is 111 cm³/mol. The van der Waals surface area contributed by atoms with Crippen LogP contribution in [0.15, 0.2) is 78.9 Å². The van der Waals surface area contributed by atoms with Gasteiger partial charge in [0.05, 0.1) is 0 Å². The van der Waals surface area contributed by atoms with E-state index < -0.39 is 0 Å². The molecule has 0 aliphatic heterocycles. The normalized spacial score (nSPS) is 10.2. The third-order valence-electron chi connectivity index (χ3n) is 4.05. The number of halogens is 1. The van der Waals surface area contributed by atoms with Gasteiger partial charge < -0.3 is 15.0 Å². The van der Waals surface area contributed by atoms with Crippen LogP contribution in [0.25, 0.3) is 0 Å². The van der Waals surface area contributed by atoms with Crippen molar-refractivity contribution in [3.8, 4) is 5.75 Å². The molecule has 1 N–H and O–H groups in total. The molecule has 0 heterocycles. The fraction of sp³-hybridized carbons (Fsp3) is 0.0909. The molecule has 3 rings (SSSR count). The molecule has 142 valence electrons. The summed E-state index contributed by atoms with van der Waals surface area (Å²) in [6.45, 7) is -0.124. The number of amides is 2. The summed E-state index contributed by atoms with van der Waals surface area (Å²) in [6, 6.07) is 22.9. The largest absolute Gasteiger partial charge is 0.484 e. The minimum Gasteiger partial charge on any atom is -0.484 e. The first kappa shape index (κ1) is 19.5. The zero-order valence-electron chi connectivity index (χ0n) is 15.3. The second kappa shape index (κ2) is 9.06. The number of ether oxygens (including phenoxy) is 1. The Kier molecular flexibility index (Phi) is 6.29. The summed E-state index contributed by atoms with van der Waals surface area (Å²) >= 11 is 5.82. The second-order valence-electron chi connectivity index (χ2n) is 6.07. The van der Waals surface area contributed by atoms with Gasteiger partial charge in [0.2, 0.25) is 0 Å². The highest BCUT2D eigenvalue weighted by Crippen LogP contribution is 2.20. The van der Waals surface area contributed by atoms with Crippen LogP contribution in [-0.2, 0) is 4.79 Å². The number of carbonyl (C=O) groups excluding carboxylic acids is 2. The summed E-state index contributed by atoms with van der Waals surface area (Å²) in [4.78, 5) is 26.0. The molecule has 0 saturated heterocycles. The monoisotopic (exact) mass is 394 g/mol. The lowest BCUT2D eigenvalue weighted by atomic mass is 10.2. The van der Waals surface area contributed by atoms with E-state index in [4.69, 9.17) is 16.3 Å². The number of anilines is 2. The molecule has 28 heavy (non-hydrogen) atoms. The molecular formula is C22H19ClN2O3. The Morgan fingerprint density at radius 3 is 2.21 bits per heavy atom. The van der Waals surface area contributed by atoms with Crippen LogP contribution in [0.3, 0.4) is 0 Å². The van der Waals surface area contributed by atoms with E-state index in [0.29, 0.717) is 22.0 Å². The standard InChI is InChI=1S/C22H19ClN2O3/c1-25(22(27)16-5-3-2-4-6-16)19-11-13-20(14-12-19)28-15-21(26)24-18-9-7-17(23)8-10-18/h2-14H,15H2,1H3,(H,24,26). The number of rotatable bonds is 6. The third-order valence-corrected chi connectivity index (χ3v) is 4.30. The predicted octanol–water partition coefficient (Wildman–Crippen LogP) is 4.63. The van der Waals surface area contributed by atoms with Gasteiger partial charge in [0.15, 0.2) is 6.61 Å². The summed E-state index contributed by atoms with van der Waals surface area (Å²) < 4.78 is 5.50. The van der Waals surface area contributed by atoms with Gasteiger partial charge in [-0.15, -0.1) is 0 Å². The van der Waals surface area contributed by atoms with Crippen LogP contribution >= 0.6 is 11.6 Å². The quantitative estimate of drug-likeness (QED) is 0.662. The molecule has 0 saturated carbocycles. The summed E-state index contributed by atoms with van der Waals surface area (Å²) in [5.74, 6) is 0.162. The molecule has 0 radical (unpaired) electrons. The number of nitrogens with zero attached hydrogens (tertiary/aromatic N) is 1. The summed E-state index contributed by atoms with van der Waals surface area (Å²) in [7, 11) is 1.71. The maximum absolute atomic E-state index is 12.5. The van der Waals surface area contributed by atoms with Gasteiger partial charge in [-0.2, -0.15) is 0 Å². The molecule has 0 aliphatic rings. The summed E-state index contributed by atoms with van der Waals surface area (Å²) in [6.07, 6.45) is 0. The Hall–Kier alpha value is -3.31. The Morgan fingerprint density at radius 1 is 0.929 bits per heavy atom. The summed E-state index contributed by atoms with van der Waals surface area (Å²) in [5.41, 5.74) is 1.99. The fourth-order valence-electron chi connectivity index (χ4n) is 2.54. The van der Waals surface area contributed by atoms with Gasteiger partial charge >= 0.3 is 0 Å². The van der Waals surface area contributed by atoms with E-state index in [1.54, 1.807) is 72.6 Å². The van der Waals surface area contributed by atoms with Crippen molar-refractivity contribution < 1.29 is 14.3 Å². The number of nitrogens with one attached hydrogen (secondary N) is 1. The minimum atomic E-state index is -0.275. The maximum Gasteiger partial charge on any atom is 0.262 e. The van der Waals surface area contributed by atoms with Crippen molar-refractivity contribution in [3.05, 3.63) is 89.4 Å². The lowest BCUT2D eigenvalue weighted by molar-refractivity contribution is -0.118. The molecule has 3 aromatic carbocycles. The number of hydrogen-bond donors (Lipinski definition) is 1. The second-order valence-corrected chi connectivity index (χ2v) is 6.50. The van der Waals surface area contributed by atoms with E-state index in [0.717, 1.165) is 5.69 Å². The van der Waals surface area contributed by atoms with E-state index in [9.17, 15) is 9.59 Å². The maximum atomic E-state index is 12.5. The zero-order chi connectivity index (χ0) is 19.9.